The molecule has 0 saturated carbocycles. The van der Waals surface area contributed by atoms with Crippen molar-refractivity contribution >= 4 is 17.5 Å². The normalized spacial score (nSPS) is 12.5. The monoisotopic (exact) mass is 244 g/mol. The highest BCUT2D eigenvalue weighted by atomic mass is 16.7. The minimum atomic E-state index is 0.240. The summed E-state index contributed by atoms with van der Waals surface area (Å²) in [4.78, 5) is 8.07. The van der Waals surface area contributed by atoms with Crippen LogP contribution >= 0.6 is 0 Å². The van der Waals surface area contributed by atoms with Crippen LogP contribution < -0.4 is 20.5 Å². The van der Waals surface area contributed by atoms with Crippen LogP contribution in [-0.2, 0) is 0 Å². The van der Waals surface area contributed by atoms with Gasteiger partial charge in [0, 0.05) is 23.5 Å². The predicted molar refractivity (Wildman–Crippen MR) is 67.0 cm³/mol. The molecule has 18 heavy (non-hydrogen) atoms. The van der Waals surface area contributed by atoms with Crippen LogP contribution in [0.4, 0.5) is 17.5 Å². The Hall–Kier alpha value is -2.50. The quantitative estimate of drug-likeness (QED) is 0.838. The van der Waals surface area contributed by atoms with Crippen molar-refractivity contribution in [1.29, 1.82) is 0 Å². The van der Waals surface area contributed by atoms with Gasteiger partial charge in [0.1, 0.15) is 5.82 Å². The van der Waals surface area contributed by atoms with E-state index < -0.39 is 0 Å². The first-order chi connectivity index (χ1) is 8.72. The standard InChI is InChI=1S/C12H12N4O2/c1-7-5-14-12(13)16-11(7)15-8-2-3-9-10(4-8)18-6-17-9/h2-5H,6H2,1H3,(H3,13,14,15,16). The fourth-order valence-corrected chi connectivity index (χ4v) is 1.69. The lowest BCUT2D eigenvalue weighted by Crippen LogP contribution is -2.01. The largest absolute Gasteiger partial charge is 0.454 e. The number of anilines is 3. The van der Waals surface area contributed by atoms with Gasteiger partial charge >= 0.3 is 0 Å². The summed E-state index contributed by atoms with van der Waals surface area (Å²) in [6.07, 6.45) is 1.68. The van der Waals surface area contributed by atoms with Crippen molar-refractivity contribution in [2.24, 2.45) is 0 Å². The van der Waals surface area contributed by atoms with Crippen LogP contribution in [0.3, 0.4) is 0 Å². The lowest BCUT2D eigenvalue weighted by molar-refractivity contribution is 0.174. The first-order valence-corrected chi connectivity index (χ1v) is 5.48. The van der Waals surface area contributed by atoms with Crippen LogP contribution in [0.5, 0.6) is 11.5 Å². The molecular formula is C12H12N4O2. The molecule has 3 rings (SSSR count). The second kappa shape index (κ2) is 4.06. The molecule has 1 aliphatic rings. The first kappa shape index (κ1) is 10.6. The Balaban J connectivity index is 1.90. The highest BCUT2D eigenvalue weighted by Crippen LogP contribution is 2.35. The van der Waals surface area contributed by atoms with E-state index in [4.69, 9.17) is 15.2 Å². The van der Waals surface area contributed by atoms with E-state index in [1.165, 1.54) is 0 Å². The van der Waals surface area contributed by atoms with E-state index in [0.717, 1.165) is 22.7 Å². The number of nitrogens with one attached hydrogen (secondary N) is 1. The molecule has 0 amide bonds. The van der Waals surface area contributed by atoms with E-state index in [-0.39, 0.29) is 12.7 Å². The van der Waals surface area contributed by atoms with Crippen molar-refractivity contribution in [3.8, 4) is 11.5 Å². The molecule has 1 aromatic heterocycles. The van der Waals surface area contributed by atoms with Crippen molar-refractivity contribution in [3.63, 3.8) is 0 Å². The number of aromatic nitrogens is 2. The Kier molecular flexibility index (Phi) is 2.40. The zero-order valence-corrected chi connectivity index (χ0v) is 9.80. The molecule has 0 spiro atoms. The van der Waals surface area contributed by atoms with Gasteiger partial charge in [0.25, 0.3) is 0 Å². The SMILES string of the molecule is Cc1cnc(N)nc1Nc1ccc2c(c1)OCO2. The van der Waals surface area contributed by atoms with Crippen molar-refractivity contribution in [2.45, 2.75) is 6.92 Å². The third kappa shape index (κ3) is 1.88. The third-order valence-electron chi connectivity index (χ3n) is 2.63. The van der Waals surface area contributed by atoms with Crippen molar-refractivity contribution in [1.82, 2.24) is 9.97 Å². The molecule has 1 aromatic carbocycles. The van der Waals surface area contributed by atoms with Crippen LogP contribution in [-0.4, -0.2) is 16.8 Å². The molecule has 0 radical (unpaired) electrons. The summed E-state index contributed by atoms with van der Waals surface area (Å²) in [5.74, 6) is 2.39. The average molecular weight is 244 g/mol. The Bertz CT molecular complexity index is 601. The Morgan fingerprint density at radius 3 is 3.00 bits per heavy atom. The molecular weight excluding hydrogens is 232 g/mol. The highest BCUT2D eigenvalue weighted by molar-refractivity contribution is 5.63. The molecule has 0 aliphatic carbocycles. The minimum Gasteiger partial charge on any atom is -0.454 e. The minimum absolute atomic E-state index is 0.240. The average Bonchev–Trinajstić information content (AvgIpc) is 2.81. The molecule has 6 nitrogen and oxygen atoms in total. The van der Waals surface area contributed by atoms with Gasteiger partial charge in [-0.2, -0.15) is 4.98 Å². The van der Waals surface area contributed by atoms with Crippen LogP contribution in [0.2, 0.25) is 0 Å². The van der Waals surface area contributed by atoms with E-state index in [1.807, 2.05) is 25.1 Å². The highest BCUT2D eigenvalue weighted by Gasteiger charge is 2.13. The zero-order chi connectivity index (χ0) is 12.5. The number of nitrogens with two attached hydrogens (primary N) is 1. The molecule has 0 saturated heterocycles. The van der Waals surface area contributed by atoms with Gasteiger partial charge in [0.2, 0.25) is 12.7 Å². The topological polar surface area (TPSA) is 82.3 Å². The summed E-state index contributed by atoms with van der Waals surface area (Å²) in [7, 11) is 0. The van der Waals surface area contributed by atoms with E-state index in [0.29, 0.717) is 5.82 Å². The fraction of sp³-hybridized carbons (Fsp3) is 0.167. The summed E-state index contributed by atoms with van der Waals surface area (Å²) >= 11 is 0. The molecule has 3 N–H and O–H groups in total. The van der Waals surface area contributed by atoms with Crippen molar-refractivity contribution in [2.75, 3.05) is 17.8 Å². The number of hydrogen-bond donors (Lipinski definition) is 2. The van der Waals surface area contributed by atoms with Gasteiger partial charge in [-0.05, 0) is 19.1 Å². The van der Waals surface area contributed by atoms with Crippen LogP contribution in [0, 0.1) is 6.92 Å². The van der Waals surface area contributed by atoms with E-state index in [2.05, 4.69) is 15.3 Å². The number of nitrogen functional groups attached to an aromatic ring is 1. The Morgan fingerprint density at radius 1 is 1.28 bits per heavy atom. The van der Waals surface area contributed by atoms with Crippen molar-refractivity contribution in [3.05, 3.63) is 30.0 Å². The van der Waals surface area contributed by atoms with Gasteiger partial charge in [-0.1, -0.05) is 0 Å². The molecule has 92 valence electrons. The number of aryl methyl sites for hydroxylation is 1. The lowest BCUT2D eigenvalue weighted by atomic mass is 10.2. The maximum atomic E-state index is 5.56. The fourth-order valence-electron chi connectivity index (χ4n) is 1.69. The predicted octanol–water partition coefficient (Wildman–Crippen LogP) is 1.84. The molecule has 6 heteroatoms. The maximum absolute atomic E-state index is 5.56. The van der Waals surface area contributed by atoms with Gasteiger partial charge < -0.3 is 20.5 Å². The lowest BCUT2D eigenvalue weighted by Gasteiger charge is -2.09. The molecule has 0 atom stereocenters. The summed E-state index contributed by atoms with van der Waals surface area (Å²) < 4.78 is 10.6. The molecule has 0 unspecified atom stereocenters. The van der Waals surface area contributed by atoms with Gasteiger partial charge in [0.15, 0.2) is 11.5 Å². The number of benzene rings is 1. The Labute approximate surface area is 104 Å². The summed E-state index contributed by atoms with van der Waals surface area (Å²) in [6, 6.07) is 5.61. The van der Waals surface area contributed by atoms with Gasteiger partial charge in [0.05, 0.1) is 0 Å². The summed E-state index contributed by atoms with van der Waals surface area (Å²) in [5.41, 5.74) is 7.34. The summed E-state index contributed by atoms with van der Waals surface area (Å²) in [6.45, 7) is 2.17. The third-order valence-corrected chi connectivity index (χ3v) is 2.63. The number of fused-ring (bicyclic) bond motifs is 1. The van der Waals surface area contributed by atoms with Crippen molar-refractivity contribution < 1.29 is 9.47 Å². The maximum Gasteiger partial charge on any atom is 0.231 e. The van der Waals surface area contributed by atoms with Crippen LogP contribution in [0.15, 0.2) is 24.4 Å². The number of rotatable bonds is 2. The van der Waals surface area contributed by atoms with E-state index in [9.17, 15) is 0 Å². The van der Waals surface area contributed by atoms with Gasteiger partial charge in [-0.25, -0.2) is 4.98 Å². The Morgan fingerprint density at radius 2 is 2.11 bits per heavy atom. The molecule has 2 heterocycles. The molecule has 0 fully saturated rings. The van der Waals surface area contributed by atoms with Crippen LogP contribution in [0.25, 0.3) is 0 Å². The molecule has 2 aromatic rings. The number of hydrogen-bond acceptors (Lipinski definition) is 6. The second-order valence-corrected chi connectivity index (χ2v) is 3.95. The van der Waals surface area contributed by atoms with E-state index >= 15 is 0 Å². The smallest absolute Gasteiger partial charge is 0.231 e. The van der Waals surface area contributed by atoms with Gasteiger partial charge in [-0.3, -0.25) is 0 Å². The molecule has 1 aliphatic heterocycles. The van der Waals surface area contributed by atoms with Gasteiger partial charge in [-0.15, -0.1) is 0 Å². The van der Waals surface area contributed by atoms with Crippen LogP contribution in [0.1, 0.15) is 5.56 Å². The second-order valence-electron chi connectivity index (χ2n) is 3.95. The van der Waals surface area contributed by atoms with E-state index in [1.54, 1.807) is 6.20 Å². The summed E-state index contributed by atoms with van der Waals surface area (Å²) in [5, 5.41) is 3.18. The number of nitrogens with zero attached hydrogens (tertiary/aromatic N) is 2. The zero-order valence-electron chi connectivity index (χ0n) is 9.80. The number of ether oxygens (including phenoxy) is 2. The first-order valence-electron chi connectivity index (χ1n) is 5.48. The molecule has 0 bridgehead atoms.